The number of halogens is 2. The summed E-state index contributed by atoms with van der Waals surface area (Å²) in [5.41, 5.74) is 5.11. The second kappa shape index (κ2) is 9.42. The first-order chi connectivity index (χ1) is 17.0. The van der Waals surface area contributed by atoms with E-state index in [2.05, 4.69) is 15.4 Å². The predicted molar refractivity (Wildman–Crippen MR) is 130 cm³/mol. The first-order valence-corrected chi connectivity index (χ1v) is 11.1. The van der Waals surface area contributed by atoms with Crippen LogP contribution in [-0.2, 0) is 11.3 Å². The Labute approximate surface area is 200 Å². The van der Waals surface area contributed by atoms with Crippen molar-refractivity contribution >= 4 is 16.9 Å². The van der Waals surface area contributed by atoms with E-state index >= 15 is 0 Å². The van der Waals surface area contributed by atoms with E-state index in [0.717, 1.165) is 33.2 Å². The molecule has 0 fully saturated rings. The lowest BCUT2D eigenvalue weighted by Gasteiger charge is -2.16. The number of carbonyl (C=O) groups excluding carboxylic acids is 1. The molecule has 3 heterocycles. The van der Waals surface area contributed by atoms with Crippen LogP contribution in [0.4, 0.5) is 8.78 Å². The quantitative estimate of drug-likeness (QED) is 0.369. The minimum absolute atomic E-state index is 0.120. The summed E-state index contributed by atoms with van der Waals surface area (Å²) < 4.78 is 29.3. The van der Waals surface area contributed by atoms with Crippen LogP contribution < -0.4 is 5.32 Å². The fraction of sp³-hybridized carbons (Fsp3) is 0.111. The zero-order valence-corrected chi connectivity index (χ0v) is 18.9. The van der Waals surface area contributed by atoms with Crippen molar-refractivity contribution < 1.29 is 13.6 Å². The van der Waals surface area contributed by atoms with Crippen LogP contribution in [0.25, 0.3) is 44.5 Å². The van der Waals surface area contributed by atoms with E-state index in [1.165, 1.54) is 31.2 Å². The molecule has 3 aromatic heterocycles. The van der Waals surface area contributed by atoms with E-state index in [9.17, 15) is 13.6 Å². The molecule has 5 aromatic rings. The third kappa shape index (κ3) is 4.63. The van der Waals surface area contributed by atoms with Gasteiger partial charge in [-0.25, -0.2) is 13.8 Å². The standard InChI is InChI=1S/C27H21F2N5O/c1-17(35)31-14-15-34-16-23-24(18-2-6-21(28)7-3-18)25(19-10-12-30-13-11-19)26(32-27(23)33-34)20-4-8-22(29)9-5-20/h2-13,16H,14-15H2,1H3,(H,31,35). The molecule has 0 aliphatic carbocycles. The Hall–Kier alpha value is -4.46. The number of carbonyl (C=O) groups is 1. The second-order valence-electron chi connectivity index (χ2n) is 8.07. The highest BCUT2D eigenvalue weighted by atomic mass is 19.1. The highest BCUT2D eigenvalue weighted by Gasteiger charge is 2.22. The topological polar surface area (TPSA) is 72.7 Å². The van der Waals surface area contributed by atoms with Gasteiger partial charge >= 0.3 is 0 Å². The third-order valence-electron chi connectivity index (χ3n) is 5.65. The normalized spacial score (nSPS) is 11.1. The van der Waals surface area contributed by atoms with Crippen LogP contribution in [0.2, 0.25) is 0 Å². The van der Waals surface area contributed by atoms with Crippen molar-refractivity contribution in [2.45, 2.75) is 13.5 Å². The summed E-state index contributed by atoms with van der Waals surface area (Å²) in [6.45, 7) is 2.33. The summed E-state index contributed by atoms with van der Waals surface area (Å²) in [6.07, 6.45) is 5.26. The van der Waals surface area contributed by atoms with Crippen molar-refractivity contribution in [1.82, 2.24) is 25.1 Å². The van der Waals surface area contributed by atoms with Crippen LogP contribution in [0.1, 0.15) is 6.92 Å². The fourth-order valence-electron chi connectivity index (χ4n) is 4.08. The van der Waals surface area contributed by atoms with Gasteiger partial charge in [0, 0.05) is 54.1 Å². The molecule has 0 unspecified atom stereocenters. The van der Waals surface area contributed by atoms with Gasteiger partial charge in [-0.1, -0.05) is 12.1 Å². The number of nitrogens with one attached hydrogen (secondary N) is 1. The van der Waals surface area contributed by atoms with Gasteiger partial charge in [0.1, 0.15) is 11.6 Å². The Kier molecular flexibility index (Phi) is 6.01. The Bertz CT molecular complexity index is 1500. The molecule has 8 heteroatoms. The first-order valence-electron chi connectivity index (χ1n) is 11.1. The molecule has 0 bridgehead atoms. The highest BCUT2D eigenvalue weighted by Crippen LogP contribution is 2.42. The average Bonchev–Trinajstić information content (AvgIpc) is 3.27. The molecule has 0 aliphatic heterocycles. The van der Waals surface area contributed by atoms with Crippen LogP contribution in [0.15, 0.2) is 79.3 Å². The number of pyridine rings is 2. The van der Waals surface area contributed by atoms with E-state index in [0.29, 0.717) is 24.4 Å². The highest BCUT2D eigenvalue weighted by molar-refractivity contribution is 6.05. The van der Waals surface area contributed by atoms with E-state index in [1.54, 1.807) is 41.3 Å². The number of fused-ring (bicyclic) bond motifs is 1. The molecule has 0 saturated heterocycles. The molecule has 1 N–H and O–H groups in total. The van der Waals surface area contributed by atoms with Gasteiger partial charge in [-0.2, -0.15) is 5.10 Å². The number of aromatic nitrogens is 4. The van der Waals surface area contributed by atoms with Crippen LogP contribution >= 0.6 is 0 Å². The second-order valence-corrected chi connectivity index (χ2v) is 8.07. The molecular formula is C27H21F2N5O. The molecule has 6 nitrogen and oxygen atoms in total. The van der Waals surface area contributed by atoms with Gasteiger partial charge in [-0.15, -0.1) is 0 Å². The lowest BCUT2D eigenvalue weighted by Crippen LogP contribution is -2.24. The molecule has 0 radical (unpaired) electrons. The molecule has 5 rings (SSSR count). The molecule has 0 spiro atoms. The minimum Gasteiger partial charge on any atom is -0.354 e. The molecule has 174 valence electrons. The van der Waals surface area contributed by atoms with Crippen LogP contribution in [0, 0.1) is 11.6 Å². The zero-order chi connectivity index (χ0) is 24.4. The van der Waals surface area contributed by atoms with Gasteiger partial charge in [0.25, 0.3) is 0 Å². The number of amides is 1. The number of hydrogen-bond acceptors (Lipinski definition) is 4. The number of rotatable bonds is 6. The van der Waals surface area contributed by atoms with Gasteiger partial charge in [-0.05, 0) is 59.7 Å². The largest absolute Gasteiger partial charge is 0.354 e. The molecule has 0 atom stereocenters. The van der Waals surface area contributed by atoms with Crippen molar-refractivity contribution in [3.63, 3.8) is 0 Å². The fourth-order valence-corrected chi connectivity index (χ4v) is 4.08. The minimum atomic E-state index is -0.346. The van der Waals surface area contributed by atoms with E-state index in [4.69, 9.17) is 4.98 Å². The van der Waals surface area contributed by atoms with E-state index in [-0.39, 0.29) is 17.5 Å². The number of nitrogens with zero attached hydrogens (tertiary/aromatic N) is 4. The molecular weight excluding hydrogens is 448 g/mol. The summed E-state index contributed by atoms with van der Waals surface area (Å²) in [4.78, 5) is 20.3. The third-order valence-corrected chi connectivity index (χ3v) is 5.65. The number of benzene rings is 2. The maximum Gasteiger partial charge on any atom is 0.216 e. The van der Waals surface area contributed by atoms with Gasteiger partial charge in [0.15, 0.2) is 5.65 Å². The summed E-state index contributed by atoms with van der Waals surface area (Å²) in [5, 5.41) is 8.19. The van der Waals surface area contributed by atoms with Crippen molar-refractivity contribution in [2.75, 3.05) is 6.54 Å². The van der Waals surface area contributed by atoms with Crippen molar-refractivity contribution in [3.05, 3.63) is 90.9 Å². The average molecular weight is 469 g/mol. The molecule has 1 amide bonds. The molecule has 0 saturated carbocycles. The molecule has 35 heavy (non-hydrogen) atoms. The van der Waals surface area contributed by atoms with Crippen molar-refractivity contribution in [3.8, 4) is 33.5 Å². The lowest BCUT2D eigenvalue weighted by atomic mass is 9.90. The summed E-state index contributed by atoms with van der Waals surface area (Å²) in [5.74, 6) is -0.805. The first kappa shape index (κ1) is 22.3. The maximum absolute atomic E-state index is 13.8. The summed E-state index contributed by atoms with van der Waals surface area (Å²) in [7, 11) is 0. The van der Waals surface area contributed by atoms with Crippen molar-refractivity contribution in [1.29, 1.82) is 0 Å². The van der Waals surface area contributed by atoms with E-state index < -0.39 is 0 Å². The van der Waals surface area contributed by atoms with Gasteiger partial charge < -0.3 is 5.32 Å². The summed E-state index contributed by atoms with van der Waals surface area (Å²) in [6, 6.07) is 16.2. The molecule has 0 aliphatic rings. The van der Waals surface area contributed by atoms with Crippen molar-refractivity contribution in [2.24, 2.45) is 0 Å². The SMILES string of the molecule is CC(=O)NCCn1cc2c(-c3ccc(F)cc3)c(-c3ccncc3)c(-c3ccc(F)cc3)nc2n1. The van der Waals surface area contributed by atoms with Gasteiger partial charge in [0.2, 0.25) is 5.91 Å². The van der Waals surface area contributed by atoms with Gasteiger partial charge in [-0.3, -0.25) is 14.5 Å². The van der Waals surface area contributed by atoms with E-state index in [1.807, 2.05) is 18.3 Å². The Morgan fingerprint density at radius 2 is 1.46 bits per heavy atom. The Morgan fingerprint density at radius 1 is 0.857 bits per heavy atom. The smallest absolute Gasteiger partial charge is 0.216 e. The van der Waals surface area contributed by atoms with Crippen LogP contribution in [-0.4, -0.2) is 32.2 Å². The maximum atomic E-state index is 13.8. The summed E-state index contributed by atoms with van der Waals surface area (Å²) >= 11 is 0. The predicted octanol–water partition coefficient (Wildman–Crippen LogP) is 5.24. The zero-order valence-electron chi connectivity index (χ0n) is 18.9. The Balaban J connectivity index is 1.81. The lowest BCUT2D eigenvalue weighted by molar-refractivity contribution is -0.118. The van der Waals surface area contributed by atoms with Crippen LogP contribution in [0.5, 0.6) is 0 Å². The Morgan fingerprint density at radius 3 is 2.09 bits per heavy atom. The van der Waals surface area contributed by atoms with Gasteiger partial charge in [0.05, 0.1) is 12.2 Å². The monoisotopic (exact) mass is 469 g/mol. The number of hydrogen-bond donors (Lipinski definition) is 1. The molecule has 2 aromatic carbocycles. The van der Waals surface area contributed by atoms with Crippen LogP contribution in [0.3, 0.4) is 0 Å².